The molecule has 0 fully saturated rings. The zero-order chi connectivity index (χ0) is 15.7. The lowest BCUT2D eigenvalue weighted by Gasteiger charge is -2.08. The van der Waals surface area contributed by atoms with Crippen molar-refractivity contribution < 1.29 is 6.11 Å². The highest BCUT2D eigenvalue weighted by Gasteiger charge is 2.17. The Labute approximate surface area is 128 Å². The normalized spacial score (nSPS) is 11.4. The Morgan fingerprint density at radius 1 is 1.52 bits per heavy atom. The summed E-state index contributed by atoms with van der Waals surface area (Å²) in [7, 11) is 1.46. The fourth-order valence-electron chi connectivity index (χ4n) is 1.51. The third-order valence-corrected chi connectivity index (χ3v) is 3.47. The largest absolute Gasteiger partial charge is 0.465 e. The molecule has 0 saturated heterocycles. The van der Waals surface area contributed by atoms with Crippen molar-refractivity contribution in [3.63, 3.8) is 0 Å². The Morgan fingerprint density at radius 2 is 2.38 bits per heavy atom. The molecule has 0 atom stereocenters. The van der Waals surface area contributed by atoms with Gasteiger partial charge in [0.05, 0.1) is 18.2 Å². The number of tetrazole rings is 1. The molecule has 21 heavy (non-hydrogen) atoms. The molecule has 0 aliphatic carbocycles. The highest BCUT2D eigenvalue weighted by Crippen LogP contribution is 2.22. The number of halogens is 1. The zero-order valence-electron chi connectivity index (χ0n) is 11.6. The van der Waals surface area contributed by atoms with E-state index in [4.69, 9.17) is 17.7 Å². The van der Waals surface area contributed by atoms with E-state index in [9.17, 15) is 4.79 Å². The van der Waals surface area contributed by atoms with E-state index in [2.05, 4.69) is 25.6 Å². The van der Waals surface area contributed by atoms with Crippen molar-refractivity contribution in [3.05, 3.63) is 38.8 Å². The molecule has 9 nitrogen and oxygen atoms in total. The fraction of sp³-hybridized carbons (Fsp3) is 0.200. The Hall–Kier alpha value is -2.33. The quantitative estimate of drug-likeness (QED) is 0.685. The van der Waals surface area contributed by atoms with Crippen molar-refractivity contribution in [1.82, 2.24) is 35.0 Å². The van der Waals surface area contributed by atoms with E-state index in [1.807, 2.05) is 0 Å². The first-order valence-electron chi connectivity index (χ1n) is 6.10. The third kappa shape index (κ3) is 2.62. The molecule has 0 bridgehead atoms. The van der Waals surface area contributed by atoms with Gasteiger partial charge in [0.2, 0.25) is 0 Å². The molecular weight excluding hydrogens is 318 g/mol. The third-order valence-electron chi connectivity index (χ3n) is 2.51. The first kappa shape index (κ1) is 12.4. The number of rotatable bonds is 4. The number of aryl methyl sites for hydroxylation is 1. The van der Waals surface area contributed by atoms with Crippen molar-refractivity contribution in [1.29, 1.82) is 0 Å². The summed E-state index contributed by atoms with van der Waals surface area (Å²) < 4.78 is 14.9. The monoisotopic (exact) mass is 327 g/mol. The summed E-state index contributed by atoms with van der Waals surface area (Å²) in [4.78, 5) is 15.8. The van der Waals surface area contributed by atoms with Crippen LogP contribution in [-0.4, -0.2) is 35.0 Å². The Kier molecular flexibility index (Phi) is 3.30. The molecule has 0 aromatic carbocycles. The second kappa shape index (κ2) is 5.58. The van der Waals surface area contributed by atoms with Gasteiger partial charge in [-0.15, -0.1) is 9.78 Å². The number of ether oxygens (including phenoxy) is 1. The van der Waals surface area contributed by atoms with E-state index in [0.29, 0.717) is 10.8 Å². The van der Waals surface area contributed by atoms with Crippen LogP contribution in [0, 0.1) is 0 Å². The van der Waals surface area contributed by atoms with Crippen LogP contribution in [0.5, 0.6) is 5.19 Å². The van der Waals surface area contributed by atoms with E-state index in [-0.39, 0.29) is 23.6 Å². The van der Waals surface area contributed by atoms with Crippen LogP contribution in [0.25, 0.3) is 5.82 Å². The number of nitrogens with zero attached hydrogens (tertiary/aromatic N) is 7. The maximum atomic E-state index is 11.9. The average Bonchev–Trinajstić information content (AvgIpc) is 3.05. The molecule has 0 aliphatic heterocycles. The molecule has 11 heteroatoms. The molecule has 0 aliphatic rings. The van der Waals surface area contributed by atoms with Gasteiger partial charge in [-0.05, 0) is 10.4 Å². The molecule has 108 valence electrons. The Morgan fingerprint density at radius 3 is 3.05 bits per heavy atom. The van der Waals surface area contributed by atoms with Gasteiger partial charge in [0.15, 0.2) is 5.82 Å². The summed E-state index contributed by atoms with van der Waals surface area (Å²) in [5, 5.41) is 17.0. The summed E-state index contributed by atoms with van der Waals surface area (Å²) in [6.07, 6.45) is 1.45. The van der Waals surface area contributed by atoms with Crippen molar-refractivity contribution in [2.24, 2.45) is 7.05 Å². The van der Waals surface area contributed by atoms with Crippen molar-refractivity contribution in [2.75, 3.05) is 0 Å². The molecule has 3 rings (SSSR count). The van der Waals surface area contributed by atoms with Gasteiger partial charge in [0.1, 0.15) is 6.61 Å². The SMILES string of the molecule is [3H]c1csc(OCc2c(Cl)cnnc2-n2nnn(C)c2=O)n1. The number of thiazole rings is 1. The van der Waals surface area contributed by atoms with Gasteiger partial charge in [-0.2, -0.15) is 9.78 Å². The van der Waals surface area contributed by atoms with E-state index < -0.39 is 5.69 Å². The van der Waals surface area contributed by atoms with Crippen LogP contribution >= 0.6 is 22.9 Å². The summed E-state index contributed by atoms with van der Waals surface area (Å²) in [6, 6.07) is 0. The molecule has 0 saturated carbocycles. The summed E-state index contributed by atoms with van der Waals surface area (Å²) in [6.45, 7) is -0.000343. The highest BCUT2D eigenvalue weighted by molar-refractivity contribution is 7.11. The minimum atomic E-state index is -0.486. The predicted molar refractivity (Wildman–Crippen MR) is 73.6 cm³/mol. The molecule has 3 aromatic rings. The van der Waals surface area contributed by atoms with Gasteiger partial charge >= 0.3 is 5.69 Å². The standard InChI is InChI=1S/C10H8ClN7O2S/c1-17-10(19)18(16-15-17)8-6(7(11)4-13-14-8)5-20-9-12-2-3-21-9/h2-4H,5H2,1H3/i2T. The van der Waals surface area contributed by atoms with Gasteiger partial charge in [0, 0.05) is 18.6 Å². The lowest BCUT2D eigenvalue weighted by molar-refractivity contribution is 0.303. The van der Waals surface area contributed by atoms with Gasteiger partial charge in [-0.1, -0.05) is 22.9 Å². The molecular formula is C10H8ClN7O2S. The van der Waals surface area contributed by atoms with Crippen molar-refractivity contribution in [2.45, 2.75) is 6.61 Å². The van der Waals surface area contributed by atoms with Gasteiger partial charge in [0.25, 0.3) is 5.19 Å². The Balaban J connectivity index is 1.96. The first-order valence-corrected chi connectivity index (χ1v) is 6.86. The minimum Gasteiger partial charge on any atom is -0.465 e. The summed E-state index contributed by atoms with van der Waals surface area (Å²) in [5.41, 5.74) is -0.0680. The van der Waals surface area contributed by atoms with Gasteiger partial charge in [-0.3, -0.25) is 0 Å². The van der Waals surface area contributed by atoms with Crippen molar-refractivity contribution in [3.8, 4) is 11.0 Å². The molecule has 3 aromatic heterocycles. The van der Waals surface area contributed by atoms with Crippen LogP contribution in [0.4, 0.5) is 0 Å². The highest BCUT2D eigenvalue weighted by atomic mass is 35.5. The summed E-state index contributed by atoms with van der Waals surface area (Å²) >= 11 is 7.29. The van der Waals surface area contributed by atoms with Crippen LogP contribution < -0.4 is 10.4 Å². The van der Waals surface area contributed by atoms with Crippen molar-refractivity contribution >= 4 is 22.9 Å². The number of hydrogen-bond donors (Lipinski definition) is 0. The molecule has 0 amide bonds. The second-order valence-electron chi connectivity index (χ2n) is 3.82. The average molecular weight is 328 g/mol. The lowest BCUT2D eigenvalue weighted by atomic mass is 10.3. The minimum absolute atomic E-state index is 0.000343. The molecule has 0 spiro atoms. The zero-order valence-corrected chi connectivity index (χ0v) is 12.2. The molecule has 0 N–H and O–H groups in total. The second-order valence-corrected chi connectivity index (χ2v) is 5.05. The lowest BCUT2D eigenvalue weighted by Crippen LogP contribution is -2.24. The maximum absolute atomic E-state index is 11.9. The van der Waals surface area contributed by atoms with Crippen LogP contribution in [0.1, 0.15) is 6.93 Å². The van der Waals surface area contributed by atoms with E-state index in [0.717, 1.165) is 9.36 Å². The fourth-order valence-corrected chi connectivity index (χ4v) is 2.13. The van der Waals surface area contributed by atoms with E-state index >= 15 is 0 Å². The van der Waals surface area contributed by atoms with Crippen LogP contribution in [0.3, 0.4) is 0 Å². The van der Waals surface area contributed by atoms with Crippen LogP contribution in [-0.2, 0) is 13.7 Å². The summed E-state index contributed by atoms with van der Waals surface area (Å²) in [5.74, 6) is 0.133. The number of hydrogen-bond acceptors (Lipinski definition) is 8. The first-order chi connectivity index (χ1) is 10.6. The maximum Gasteiger partial charge on any atom is 0.369 e. The Bertz CT molecular complexity index is 876. The van der Waals surface area contributed by atoms with Crippen LogP contribution in [0.2, 0.25) is 5.02 Å². The molecule has 0 unspecified atom stereocenters. The molecule has 3 heterocycles. The van der Waals surface area contributed by atoms with Gasteiger partial charge < -0.3 is 4.74 Å². The predicted octanol–water partition coefficient (Wildman–Crippen LogP) is 0.445. The topological polar surface area (TPSA) is 101 Å². The van der Waals surface area contributed by atoms with E-state index in [1.165, 1.54) is 30.0 Å². The number of aromatic nitrogens is 7. The van der Waals surface area contributed by atoms with Gasteiger partial charge in [-0.25, -0.2) is 9.78 Å². The molecule has 0 radical (unpaired) electrons. The smallest absolute Gasteiger partial charge is 0.369 e. The van der Waals surface area contributed by atoms with Crippen LogP contribution in [0.15, 0.2) is 22.5 Å². The van der Waals surface area contributed by atoms with E-state index in [1.54, 1.807) is 0 Å².